The average molecular weight is 319 g/mol. The van der Waals surface area contributed by atoms with Crippen molar-refractivity contribution in [2.24, 2.45) is 5.92 Å². The van der Waals surface area contributed by atoms with Gasteiger partial charge < -0.3 is 15.2 Å². The topological polar surface area (TPSA) is 58.6 Å². The van der Waals surface area contributed by atoms with Crippen LogP contribution in [0.2, 0.25) is 0 Å². The molecule has 0 heterocycles. The van der Waals surface area contributed by atoms with Gasteiger partial charge in [-0.05, 0) is 44.4 Å². The zero-order chi connectivity index (χ0) is 16.7. The summed E-state index contributed by atoms with van der Waals surface area (Å²) >= 11 is 0. The van der Waals surface area contributed by atoms with Gasteiger partial charge in [0.1, 0.15) is 5.75 Å². The Morgan fingerprint density at radius 3 is 2.61 bits per heavy atom. The number of hydrogen-bond donors (Lipinski definition) is 2. The van der Waals surface area contributed by atoms with Crippen molar-refractivity contribution in [2.45, 2.75) is 64.6 Å². The zero-order valence-corrected chi connectivity index (χ0v) is 14.3. The monoisotopic (exact) mass is 319 g/mol. The van der Waals surface area contributed by atoms with Crippen LogP contribution in [0.4, 0.5) is 0 Å². The molecule has 1 aliphatic carbocycles. The van der Waals surface area contributed by atoms with Crippen molar-refractivity contribution in [1.29, 1.82) is 0 Å². The molecule has 1 saturated carbocycles. The van der Waals surface area contributed by atoms with Crippen LogP contribution in [0.15, 0.2) is 24.3 Å². The first kappa shape index (κ1) is 17.8. The quantitative estimate of drug-likeness (QED) is 0.788. The number of aliphatic hydroxyl groups excluding tert-OH is 1. The fraction of sp³-hybridized carbons (Fsp3) is 0.632. The maximum atomic E-state index is 12.3. The van der Waals surface area contributed by atoms with Crippen molar-refractivity contribution in [3.63, 3.8) is 0 Å². The first-order valence-electron chi connectivity index (χ1n) is 8.78. The van der Waals surface area contributed by atoms with E-state index < -0.39 is 6.10 Å². The Bertz CT molecular complexity index is 493. The first-order chi connectivity index (χ1) is 11.1. The Hall–Kier alpha value is -1.55. The summed E-state index contributed by atoms with van der Waals surface area (Å²) in [6.07, 6.45) is 6.06. The van der Waals surface area contributed by atoms with E-state index in [1.165, 1.54) is 12.8 Å². The lowest BCUT2D eigenvalue weighted by Crippen LogP contribution is -2.33. The predicted octanol–water partition coefficient (Wildman–Crippen LogP) is 3.59. The summed E-state index contributed by atoms with van der Waals surface area (Å²) in [4.78, 5) is 12.3. The molecule has 1 aromatic carbocycles. The van der Waals surface area contributed by atoms with E-state index in [2.05, 4.69) is 5.32 Å². The second kappa shape index (κ2) is 8.92. The summed E-state index contributed by atoms with van der Waals surface area (Å²) in [6.45, 7) is 4.19. The molecule has 2 rings (SSSR count). The van der Waals surface area contributed by atoms with Crippen LogP contribution in [0.25, 0.3) is 0 Å². The van der Waals surface area contributed by atoms with Gasteiger partial charge in [-0.25, -0.2) is 0 Å². The zero-order valence-electron chi connectivity index (χ0n) is 14.3. The highest BCUT2D eigenvalue weighted by Gasteiger charge is 2.20. The second-order valence-corrected chi connectivity index (χ2v) is 6.69. The molecule has 23 heavy (non-hydrogen) atoms. The lowest BCUT2D eigenvalue weighted by Gasteiger charge is -2.18. The molecule has 2 N–H and O–H groups in total. The minimum absolute atomic E-state index is 0.0838. The van der Waals surface area contributed by atoms with E-state index in [4.69, 9.17) is 4.74 Å². The first-order valence-corrected chi connectivity index (χ1v) is 8.78. The van der Waals surface area contributed by atoms with E-state index in [0.717, 1.165) is 37.0 Å². The molecule has 0 bridgehead atoms. The molecule has 1 amide bonds. The number of aliphatic hydroxyl groups is 1. The van der Waals surface area contributed by atoms with Crippen molar-refractivity contribution in [2.75, 3.05) is 6.54 Å². The minimum Gasteiger partial charge on any atom is -0.491 e. The lowest BCUT2D eigenvalue weighted by molar-refractivity contribution is -0.125. The van der Waals surface area contributed by atoms with Gasteiger partial charge in [0.05, 0.1) is 12.2 Å². The maximum absolute atomic E-state index is 12.3. The number of carbonyl (C=O) groups is 1. The van der Waals surface area contributed by atoms with Crippen molar-refractivity contribution in [3.05, 3.63) is 29.8 Å². The highest BCUT2D eigenvalue weighted by Crippen LogP contribution is 2.23. The minimum atomic E-state index is -0.708. The molecule has 0 aromatic heterocycles. The molecule has 4 nitrogen and oxygen atoms in total. The molecule has 1 atom stereocenters. The Kier molecular flexibility index (Phi) is 6.90. The van der Waals surface area contributed by atoms with Crippen LogP contribution in [0, 0.1) is 5.92 Å². The number of amides is 1. The third-order valence-corrected chi connectivity index (χ3v) is 4.31. The number of nitrogens with one attached hydrogen (secondary N) is 1. The summed E-state index contributed by atoms with van der Waals surface area (Å²) in [5, 5.41) is 13.2. The van der Waals surface area contributed by atoms with Gasteiger partial charge >= 0.3 is 0 Å². The van der Waals surface area contributed by atoms with E-state index in [-0.39, 0.29) is 24.5 Å². The van der Waals surface area contributed by atoms with Crippen molar-refractivity contribution in [1.82, 2.24) is 5.32 Å². The van der Waals surface area contributed by atoms with Crippen LogP contribution >= 0.6 is 0 Å². The van der Waals surface area contributed by atoms with Crippen molar-refractivity contribution in [3.8, 4) is 5.75 Å². The molecule has 0 spiro atoms. The molecular formula is C19H29NO3. The summed E-state index contributed by atoms with van der Waals surface area (Å²) in [7, 11) is 0. The summed E-state index contributed by atoms with van der Waals surface area (Å²) in [6, 6.07) is 7.43. The van der Waals surface area contributed by atoms with Crippen LogP contribution in [0.3, 0.4) is 0 Å². The van der Waals surface area contributed by atoms with Crippen LogP contribution in [-0.2, 0) is 4.79 Å². The predicted molar refractivity (Wildman–Crippen MR) is 91.4 cm³/mol. The Labute approximate surface area is 139 Å². The molecule has 1 fully saturated rings. The van der Waals surface area contributed by atoms with Crippen LogP contribution < -0.4 is 10.1 Å². The van der Waals surface area contributed by atoms with Gasteiger partial charge in [0.25, 0.3) is 0 Å². The van der Waals surface area contributed by atoms with E-state index in [0.29, 0.717) is 0 Å². The number of rotatable bonds is 6. The smallest absolute Gasteiger partial charge is 0.223 e. The fourth-order valence-corrected chi connectivity index (χ4v) is 3.07. The van der Waals surface area contributed by atoms with E-state index in [9.17, 15) is 9.90 Å². The van der Waals surface area contributed by atoms with E-state index in [1.807, 2.05) is 38.1 Å². The second-order valence-electron chi connectivity index (χ2n) is 6.69. The molecule has 0 radical (unpaired) electrons. The van der Waals surface area contributed by atoms with Gasteiger partial charge in [0.2, 0.25) is 5.91 Å². The van der Waals surface area contributed by atoms with Gasteiger partial charge in [-0.2, -0.15) is 0 Å². The van der Waals surface area contributed by atoms with Gasteiger partial charge in [0.15, 0.2) is 0 Å². The van der Waals surface area contributed by atoms with Gasteiger partial charge in [-0.1, -0.05) is 37.8 Å². The standard InChI is InChI=1S/C19H29NO3/c1-14(2)23-17-11-7-10-16(12-17)18(21)13-20-19(22)15-8-5-3-4-6-9-15/h7,10-12,14-15,18,21H,3-6,8-9,13H2,1-2H3,(H,20,22). The summed E-state index contributed by atoms with van der Waals surface area (Å²) < 4.78 is 5.64. The normalized spacial score (nSPS) is 17.6. The highest BCUT2D eigenvalue weighted by molar-refractivity contribution is 5.78. The average Bonchev–Trinajstić information content (AvgIpc) is 2.81. The molecule has 4 heteroatoms. The van der Waals surface area contributed by atoms with Crippen molar-refractivity contribution >= 4 is 5.91 Å². The third kappa shape index (κ3) is 5.87. The van der Waals surface area contributed by atoms with E-state index >= 15 is 0 Å². The van der Waals surface area contributed by atoms with Gasteiger partial charge in [0, 0.05) is 12.5 Å². The van der Waals surface area contributed by atoms with Gasteiger partial charge in [-0.3, -0.25) is 4.79 Å². The number of ether oxygens (including phenoxy) is 1. The fourth-order valence-electron chi connectivity index (χ4n) is 3.07. The molecule has 1 aliphatic rings. The lowest BCUT2D eigenvalue weighted by atomic mass is 9.99. The SMILES string of the molecule is CC(C)Oc1cccc(C(O)CNC(=O)C2CCCCCC2)c1. The third-order valence-electron chi connectivity index (χ3n) is 4.31. The summed E-state index contributed by atoms with van der Waals surface area (Å²) in [5.41, 5.74) is 0.768. The Balaban J connectivity index is 1.86. The van der Waals surface area contributed by atoms with Crippen molar-refractivity contribution < 1.29 is 14.6 Å². The molecule has 128 valence electrons. The van der Waals surface area contributed by atoms with Gasteiger partial charge in [-0.15, -0.1) is 0 Å². The molecule has 1 aromatic rings. The highest BCUT2D eigenvalue weighted by atomic mass is 16.5. The van der Waals surface area contributed by atoms with E-state index in [1.54, 1.807) is 0 Å². The van der Waals surface area contributed by atoms with Crippen LogP contribution in [-0.4, -0.2) is 23.7 Å². The molecule has 0 saturated heterocycles. The number of hydrogen-bond acceptors (Lipinski definition) is 3. The molecular weight excluding hydrogens is 290 g/mol. The van der Waals surface area contributed by atoms with Crippen LogP contribution in [0.1, 0.15) is 64.0 Å². The molecule has 1 unspecified atom stereocenters. The molecule has 0 aliphatic heterocycles. The summed E-state index contributed by atoms with van der Waals surface area (Å²) in [5.74, 6) is 0.937. The Morgan fingerprint density at radius 2 is 1.96 bits per heavy atom. The largest absolute Gasteiger partial charge is 0.491 e. The Morgan fingerprint density at radius 1 is 1.26 bits per heavy atom. The number of benzene rings is 1. The number of carbonyl (C=O) groups excluding carboxylic acids is 1. The maximum Gasteiger partial charge on any atom is 0.223 e. The van der Waals surface area contributed by atoms with Crippen LogP contribution in [0.5, 0.6) is 5.75 Å².